The van der Waals surface area contributed by atoms with E-state index >= 15 is 0 Å². The molecule has 1 nitrogen and oxygen atoms in total. The Labute approximate surface area is 91.2 Å². The van der Waals surface area contributed by atoms with Crippen molar-refractivity contribution in [1.82, 2.24) is 4.98 Å². The molecule has 1 rings (SSSR count). The number of hydrogen-bond acceptors (Lipinski definition) is 0. The van der Waals surface area contributed by atoms with Gasteiger partial charge in [-0.25, -0.2) is 0 Å². The van der Waals surface area contributed by atoms with Gasteiger partial charge in [0.15, 0.2) is 0 Å². The van der Waals surface area contributed by atoms with Gasteiger partial charge in [0.1, 0.15) is 0 Å². The molecule has 1 aromatic heterocycles. The molecule has 0 unspecified atom stereocenters. The molecule has 0 aliphatic rings. The van der Waals surface area contributed by atoms with E-state index in [1.807, 2.05) is 38.2 Å². The third-order valence-corrected chi connectivity index (χ3v) is 2.11. The van der Waals surface area contributed by atoms with E-state index in [0.29, 0.717) is 0 Å². The number of aromatic nitrogens is 1. The summed E-state index contributed by atoms with van der Waals surface area (Å²) < 4.78 is 0. The van der Waals surface area contributed by atoms with Crippen LogP contribution in [0.2, 0.25) is 0 Å². The third-order valence-electron chi connectivity index (χ3n) is 2.11. The third kappa shape index (κ3) is 2.11. The lowest BCUT2D eigenvalue weighted by Gasteiger charge is -1.92. The number of aromatic amines is 1. The van der Waals surface area contributed by atoms with Crippen molar-refractivity contribution in [2.24, 2.45) is 0 Å². The number of H-pyrrole nitrogens is 1. The fraction of sp³-hybridized carbons (Fsp3) is 0.143. The lowest BCUT2D eigenvalue weighted by molar-refractivity contribution is 1.34. The van der Waals surface area contributed by atoms with Crippen molar-refractivity contribution in [2.75, 3.05) is 0 Å². The van der Waals surface area contributed by atoms with Crippen molar-refractivity contribution in [3.05, 3.63) is 41.2 Å². The second kappa shape index (κ2) is 5.07. The molecule has 15 heavy (non-hydrogen) atoms. The quantitative estimate of drug-likeness (QED) is 0.711. The summed E-state index contributed by atoms with van der Waals surface area (Å²) in [5, 5.41) is 0. The van der Waals surface area contributed by atoms with Crippen LogP contribution in [0.3, 0.4) is 0 Å². The van der Waals surface area contributed by atoms with Crippen molar-refractivity contribution in [1.29, 1.82) is 0 Å². The number of nitrogens with one attached hydrogen (secondary N) is 1. The lowest BCUT2D eigenvalue weighted by Crippen LogP contribution is -1.78. The Morgan fingerprint density at radius 1 is 1.20 bits per heavy atom. The average Bonchev–Trinajstić information content (AvgIpc) is 2.57. The largest absolute Gasteiger partial charge is 0.354 e. The second-order valence-corrected chi connectivity index (χ2v) is 3.09. The first-order chi connectivity index (χ1) is 7.28. The molecule has 1 heterocycles. The zero-order chi connectivity index (χ0) is 11.3. The summed E-state index contributed by atoms with van der Waals surface area (Å²) in [6.45, 7) is 7.69. The van der Waals surface area contributed by atoms with E-state index in [0.717, 1.165) is 22.5 Å². The van der Waals surface area contributed by atoms with Gasteiger partial charge in [-0.15, -0.1) is 6.42 Å². The van der Waals surface area contributed by atoms with E-state index in [2.05, 4.69) is 17.5 Å². The Morgan fingerprint density at radius 3 is 2.33 bits per heavy atom. The SMILES string of the molecule is C#Cc1c(/C=C\C)[nH]c(C=C)c1/C=C\C. The fourth-order valence-corrected chi connectivity index (χ4v) is 1.50. The maximum absolute atomic E-state index is 5.51. The summed E-state index contributed by atoms with van der Waals surface area (Å²) in [6, 6.07) is 0. The van der Waals surface area contributed by atoms with E-state index in [9.17, 15) is 0 Å². The molecule has 0 saturated carbocycles. The minimum atomic E-state index is 0.890. The molecular formula is C14H15N. The smallest absolute Gasteiger partial charge is 0.0570 e. The topological polar surface area (TPSA) is 15.8 Å². The van der Waals surface area contributed by atoms with Crippen molar-refractivity contribution in [3.8, 4) is 12.3 Å². The maximum atomic E-state index is 5.51. The van der Waals surface area contributed by atoms with Crippen LogP contribution in [0.4, 0.5) is 0 Å². The van der Waals surface area contributed by atoms with E-state index in [1.165, 1.54) is 0 Å². The highest BCUT2D eigenvalue weighted by Gasteiger charge is 2.09. The second-order valence-electron chi connectivity index (χ2n) is 3.09. The van der Waals surface area contributed by atoms with Crippen molar-refractivity contribution in [3.63, 3.8) is 0 Å². The zero-order valence-electron chi connectivity index (χ0n) is 9.17. The van der Waals surface area contributed by atoms with E-state index in [1.54, 1.807) is 6.08 Å². The van der Waals surface area contributed by atoms with Gasteiger partial charge in [-0.05, 0) is 26.0 Å². The van der Waals surface area contributed by atoms with Gasteiger partial charge in [-0.1, -0.05) is 30.7 Å². The summed E-state index contributed by atoms with van der Waals surface area (Å²) in [6.07, 6.45) is 15.2. The molecule has 1 N–H and O–H groups in total. The lowest BCUT2D eigenvalue weighted by atomic mass is 10.1. The Hall–Kier alpha value is -1.94. The number of allylic oxidation sites excluding steroid dienone is 2. The molecule has 0 atom stereocenters. The van der Waals surface area contributed by atoms with Crippen molar-refractivity contribution >= 4 is 18.2 Å². The van der Waals surface area contributed by atoms with Gasteiger partial charge in [0.2, 0.25) is 0 Å². The Bertz CT molecular complexity index is 450. The van der Waals surface area contributed by atoms with Crippen LogP contribution < -0.4 is 0 Å². The van der Waals surface area contributed by atoms with Crippen LogP contribution in [0.15, 0.2) is 18.7 Å². The van der Waals surface area contributed by atoms with Gasteiger partial charge >= 0.3 is 0 Å². The van der Waals surface area contributed by atoms with Crippen LogP contribution in [0.25, 0.3) is 18.2 Å². The van der Waals surface area contributed by atoms with Crippen LogP contribution in [-0.4, -0.2) is 4.98 Å². The van der Waals surface area contributed by atoms with Gasteiger partial charge in [0.05, 0.1) is 11.3 Å². The first-order valence-electron chi connectivity index (χ1n) is 4.88. The van der Waals surface area contributed by atoms with E-state index < -0.39 is 0 Å². The number of hydrogen-bond donors (Lipinski definition) is 1. The Morgan fingerprint density at radius 2 is 1.87 bits per heavy atom. The molecule has 0 saturated heterocycles. The molecular weight excluding hydrogens is 182 g/mol. The molecule has 76 valence electrons. The normalized spacial score (nSPS) is 11.0. The summed E-state index contributed by atoms with van der Waals surface area (Å²) in [5.74, 6) is 2.71. The standard InChI is InChI=1S/C14H15N/c1-5-9-12-11(7-3)14(10-6-2)15-13(12)8-4/h3,5-6,8-10,15H,4H2,1-2H3/b9-5-,10-6-. The van der Waals surface area contributed by atoms with Gasteiger partial charge in [0, 0.05) is 11.3 Å². The van der Waals surface area contributed by atoms with Crippen molar-refractivity contribution < 1.29 is 0 Å². The van der Waals surface area contributed by atoms with Gasteiger partial charge in [-0.2, -0.15) is 0 Å². The van der Waals surface area contributed by atoms with Crippen molar-refractivity contribution in [2.45, 2.75) is 13.8 Å². The number of terminal acetylenes is 1. The summed E-state index contributed by atoms with van der Waals surface area (Å²) >= 11 is 0. The molecule has 0 aliphatic heterocycles. The van der Waals surface area contributed by atoms with Gasteiger partial charge in [-0.3, -0.25) is 0 Å². The fourth-order valence-electron chi connectivity index (χ4n) is 1.50. The Kier molecular flexibility index (Phi) is 3.76. The van der Waals surface area contributed by atoms with Gasteiger partial charge in [0.25, 0.3) is 0 Å². The predicted molar refractivity (Wildman–Crippen MR) is 68.2 cm³/mol. The molecule has 0 bridgehead atoms. The van der Waals surface area contributed by atoms with Crippen LogP contribution in [0, 0.1) is 12.3 Å². The highest BCUT2D eigenvalue weighted by molar-refractivity contribution is 5.74. The maximum Gasteiger partial charge on any atom is 0.0570 e. The highest BCUT2D eigenvalue weighted by Crippen LogP contribution is 2.22. The molecule has 1 heteroatoms. The first-order valence-corrected chi connectivity index (χ1v) is 4.88. The molecule has 0 aromatic carbocycles. The monoisotopic (exact) mass is 197 g/mol. The molecule has 0 fully saturated rings. The molecule has 0 radical (unpaired) electrons. The molecule has 0 spiro atoms. The van der Waals surface area contributed by atoms with Crippen LogP contribution >= 0.6 is 0 Å². The average molecular weight is 197 g/mol. The van der Waals surface area contributed by atoms with Gasteiger partial charge < -0.3 is 4.98 Å². The predicted octanol–water partition coefficient (Wildman–Crippen LogP) is 3.71. The summed E-state index contributed by atoms with van der Waals surface area (Å²) in [4.78, 5) is 3.24. The minimum absolute atomic E-state index is 0.890. The van der Waals surface area contributed by atoms with Crippen LogP contribution in [0.5, 0.6) is 0 Å². The Balaban J connectivity index is 3.46. The minimum Gasteiger partial charge on any atom is -0.354 e. The van der Waals surface area contributed by atoms with E-state index in [-0.39, 0.29) is 0 Å². The van der Waals surface area contributed by atoms with E-state index in [4.69, 9.17) is 6.42 Å². The summed E-state index contributed by atoms with van der Waals surface area (Å²) in [5.41, 5.74) is 3.85. The molecule has 1 aromatic rings. The number of rotatable bonds is 3. The first kappa shape index (κ1) is 11.1. The highest BCUT2D eigenvalue weighted by atomic mass is 14.7. The molecule has 0 aliphatic carbocycles. The zero-order valence-corrected chi connectivity index (χ0v) is 9.17. The summed E-state index contributed by atoms with van der Waals surface area (Å²) in [7, 11) is 0. The molecule has 0 amide bonds. The van der Waals surface area contributed by atoms with Crippen LogP contribution in [-0.2, 0) is 0 Å². The van der Waals surface area contributed by atoms with Crippen LogP contribution in [0.1, 0.15) is 36.4 Å².